The average Bonchev–Trinajstić information content (AvgIpc) is 2.40. The third kappa shape index (κ3) is 4.91. The zero-order valence-corrected chi connectivity index (χ0v) is 5.76. The van der Waals surface area contributed by atoms with Crippen molar-refractivity contribution >= 4 is 23.9 Å². The van der Waals surface area contributed by atoms with Crippen molar-refractivity contribution < 1.29 is 29.4 Å². The maximum atomic E-state index is 9.97. The van der Waals surface area contributed by atoms with Gasteiger partial charge in [0.25, 0.3) is 0 Å². The normalized spacial score (nSPS) is 12.8. The van der Waals surface area contributed by atoms with E-state index in [4.69, 9.17) is 19.8 Å². The number of hydrogen-bond donors (Lipinski definition) is 2. The molecule has 0 aliphatic carbocycles. The number of hydrogen-bond acceptors (Lipinski definition) is 5. The van der Waals surface area contributed by atoms with Gasteiger partial charge in [-0.05, 0) is 0 Å². The van der Waals surface area contributed by atoms with Crippen LogP contribution in [-0.4, -0.2) is 40.8 Å². The highest BCUT2D eigenvalue weighted by Gasteiger charge is 2.04. The number of nitrogens with zero attached hydrogens (tertiary/aromatic N) is 1. The fourth-order valence-electron chi connectivity index (χ4n) is 0.234. The number of carboxylic acid groups (broad SMARTS) is 2. The Morgan fingerprint density at radius 1 is 1.42 bits per heavy atom. The van der Waals surface area contributed by atoms with Gasteiger partial charge >= 0.3 is 11.9 Å². The molecule has 0 aromatic heterocycles. The third-order valence-electron chi connectivity index (χ3n) is 0.661. The van der Waals surface area contributed by atoms with Gasteiger partial charge < -0.3 is 15.1 Å². The Bertz CT molecular complexity index is 217. The van der Waals surface area contributed by atoms with E-state index in [0.29, 0.717) is 0 Å². The molecule has 0 aromatic rings. The number of oxime groups is 1. The van der Waals surface area contributed by atoms with Crippen molar-refractivity contribution in [2.45, 2.75) is 0 Å². The third-order valence-corrected chi connectivity index (χ3v) is 0.661. The number of aliphatic carboxylic acids is 2. The van der Waals surface area contributed by atoms with E-state index >= 15 is 0 Å². The Balaban J connectivity index is 0.000000202. The van der Waals surface area contributed by atoms with Crippen LogP contribution in [0.3, 0.4) is 0 Å². The van der Waals surface area contributed by atoms with Crippen molar-refractivity contribution in [1.29, 1.82) is 0 Å². The Labute approximate surface area is 66.2 Å². The predicted octanol–water partition coefficient (Wildman–Crippen LogP) is -1.27. The first-order valence-corrected chi connectivity index (χ1v) is 2.68. The summed E-state index contributed by atoms with van der Waals surface area (Å²) >= 11 is 0. The van der Waals surface area contributed by atoms with E-state index in [1.165, 1.54) is 6.21 Å². The maximum Gasteiger partial charge on any atom is 0.414 e. The van der Waals surface area contributed by atoms with Crippen molar-refractivity contribution in [2.24, 2.45) is 5.16 Å². The molecular weight excluding hydrogens is 170 g/mol. The van der Waals surface area contributed by atoms with E-state index in [2.05, 4.69) is 9.99 Å². The average molecular weight is 175 g/mol. The topological polar surface area (TPSA) is 113 Å². The highest BCUT2D eigenvalue weighted by molar-refractivity contribution is 6.29. The Kier molecular flexibility index (Phi) is 4.06. The second-order valence-corrected chi connectivity index (χ2v) is 1.58. The number of carboxylic acids is 2. The molecule has 0 aromatic carbocycles. The number of Topliss-reactive ketones (excluding diaryl/α,β-unsaturated/α-hetero) is 1. The van der Waals surface area contributed by atoms with Crippen LogP contribution < -0.4 is 0 Å². The highest BCUT2D eigenvalue weighted by Crippen LogP contribution is 1.82. The van der Waals surface area contributed by atoms with E-state index in [9.17, 15) is 4.79 Å². The van der Waals surface area contributed by atoms with Crippen LogP contribution in [0.2, 0.25) is 0 Å². The SMILES string of the molecule is O=C(O)C(=O)O.O=C1C=NOC1. The van der Waals surface area contributed by atoms with E-state index in [1.807, 2.05) is 0 Å². The van der Waals surface area contributed by atoms with Crippen molar-refractivity contribution in [3.05, 3.63) is 0 Å². The molecule has 1 aliphatic rings. The standard InChI is InChI=1S/C3H3NO2.C2H2O4/c5-3-1-4-6-2-3;3-1(4)2(5)6/h1H,2H2;(H,3,4)(H,5,6). The van der Waals surface area contributed by atoms with Crippen LogP contribution in [0.4, 0.5) is 0 Å². The Morgan fingerprint density at radius 2 is 1.92 bits per heavy atom. The van der Waals surface area contributed by atoms with Gasteiger partial charge in [0.15, 0.2) is 6.61 Å². The lowest BCUT2D eigenvalue weighted by Gasteiger charge is -1.75. The second kappa shape index (κ2) is 4.83. The minimum absolute atomic E-state index is 0.0602. The molecule has 0 radical (unpaired) electrons. The Morgan fingerprint density at radius 3 is 2.00 bits per heavy atom. The van der Waals surface area contributed by atoms with Gasteiger partial charge in [0.05, 0.1) is 0 Å². The summed E-state index contributed by atoms with van der Waals surface area (Å²) in [6.07, 6.45) is 1.17. The summed E-state index contributed by atoms with van der Waals surface area (Å²) in [4.78, 5) is 32.4. The first kappa shape index (κ1) is 10.1. The first-order chi connectivity index (χ1) is 5.54. The molecule has 1 heterocycles. The smallest absolute Gasteiger partial charge is 0.414 e. The van der Waals surface area contributed by atoms with Gasteiger partial charge in [-0.3, -0.25) is 4.79 Å². The fourth-order valence-corrected chi connectivity index (χ4v) is 0.234. The highest BCUT2D eigenvalue weighted by atomic mass is 16.6. The summed E-state index contributed by atoms with van der Waals surface area (Å²) in [7, 11) is 0. The molecule has 0 bridgehead atoms. The Hall–Kier alpha value is -1.92. The summed E-state index contributed by atoms with van der Waals surface area (Å²) in [5.41, 5.74) is 0. The number of carbonyl (C=O) groups is 3. The molecule has 0 unspecified atom stereocenters. The lowest BCUT2D eigenvalue weighted by atomic mass is 10.5. The minimum Gasteiger partial charge on any atom is -0.473 e. The van der Waals surface area contributed by atoms with E-state index < -0.39 is 11.9 Å². The molecule has 7 heteroatoms. The maximum absolute atomic E-state index is 9.97. The number of ketones is 1. The van der Waals surface area contributed by atoms with E-state index in [1.54, 1.807) is 0 Å². The van der Waals surface area contributed by atoms with Gasteiger partial charge in [-0.25, -0.2) is 9.59 Å². The molecule has 0 fully saturated rings. The van der Waals surface area contributed by atoms with Crippen molar-refractivity contribution in [1.82, 2.24) is 0 Å². The molecule has 1 aliphatic heterocycles. The molecule has 12 heavy (non-hydrogen) atoms. The minimum atomic E-state index is -1.82. The molecule has 66 valence electrons. The lowest BCUT2D eigenvalue weighted by Crippen LogP contribution is -2.09. The van der Waals surface area contributed by atoms with Crippen LogP contribution >= 0.6 is 0 Å². The second-order valence-electron chi connectivity index (χ2n) is 1.58. The van der Waals surface area contributed by atoms with Crippen LogP contribution in [0.15, 0.2) is 5.16 Å². The monoisotopic (exact) mass is 175 g/mol. The van der Waals surface area contributed by atoms with Crippen LogP contribution in [0.1, 0.15) is 0 Å². The van der Waals surface area contributed by atoms with Crippen molar-refractivity contribution in [3.8, 4) is 0 Å². The van der Waals surface area contributed by atoms with Gasteiger partial charge in [0.1, 0.15) is 6.21 Å². The van der Waals surface area contributed by atoms with Gasteiger partial charge in [-0.1, -0.05) is 5.16 Å². The lowest BCUT2D eigenvalue weighted by molar-refractivity contribution is -0.159. The van der Waals surface area contributed by atoms with Gasteiger partial charge in [-0.2, -0.15) is 0 Å². The van der Waals surface area contributed by atoms with Gasteiger partial charge in [0.2, 0.25) is 5.78 Å². The van der Waals surface area contributed by atoms with Gasteiger partial charge in [0, 0.05) is 0 Å². The van der Waals surface area contributed by atoms with E-state index in [-0.39, 0.29) is 12.4 Å². The largest absolute Gasteiger partial charge is 0.473 e. The summed E-state index contributed by atoms with van der Waals surface area (Å²) in [6, 6.07) is 0. The molecule has 0 saturated heterocycles. The molecule has 0 spiro atoms. The summed E-state index contributed by atoms with van der Waals surface area (Å²) in [5, 5.41) is 18.0. The first-order valence-electron chi connectivity index (χ1n) is 2.68. The van der Waals surface area contributed by atoms with Gasteiger partial charge in [-0.15, -0.1) is 0 Å². The zero-order chi connectivity index (χ0) is 9.56. The summed E-state index contributed by atoms with van der Waals surface area (Å²) < 4.78 is 0. The predicted molar refractivity (Wildman–Crippen MR) is 34.7 cm³/mol. The van der Waals surface area contributed by atoms with Crippen LogP contribution in [0.25, 0.3) is 0 Å². The number of carbonyl (C=O) groups excluding carboxylic acids is 1. The van der Waals surface area contributed by atoms with Crippen molar-refractivity contribution in [2.75, 3.05) is 6.61 Å². The van der Waals surface area contributed by atoms with Crippen molar-refractivity contribution in [3.63, 3.8) is 0 Å². The van der Waals surface area contributed by atoms with Crippen LogP contribution in [0.5, 0.6) is 0 Å². The molecule has 0 atom stereocenters. The molecule has 1 rings (SSSR count). The summed E-state index contributed by atoms with van der Waals surface area (Å²) in [5.74, 6) is -3.71. The molecule has 0 saturated carbocycles. The van der Waals surface area contributed by atoms with E-state index in [0.717, 1.165) is 0 Å². The molecule has 7 nitrogen and oxygen atoms in total. The molecule has 0 amide bonds. The molecule has 2 N–H and O–H groups in total. The number of rotatable bonds is 0. The zero-order valence-electron chi connectivity index (χ0n) is 5.76. The van der Waals surface area contributed by atoms with Crippen LogP contribution in [-0.2, 0) is 19.2 Å². The van der Waals surface area contributed by atoms with Crippen LogP contribution in [0, 0.1) is 0 Å². The summed E-state index contributed by atoms with van der Waals surface area (Å²) in [6.45, 7) is 0.125. The molecular formula is C5H5NO6. The quantitative estimate of drug-likeness (QED) is 0.443. The fraction of sp³-hybridized carbons (Fsp3) is 0.200.